The Bertz CT molecular complexity index is 575. The van der Waals surface area contributed by atoms with Gasteiger partial charge in [-0.15, -0.1) is 0 Å². The first-order valence-corrected chi connectivity index (χ1v) is 28.6. The van der Waals surface area contributed by atoms with E-state index < -0.39 is 0 Å². The highest BCUT2D eigenvalue weighted by atomic mass is 32.2. The maximum atomic E-state index is 2.31. The number of thioether (sulfide) groups is 1. The summed E-state index contributed by atoms with van der Waals surface area (Å²) in [6.07, 6.45) is 75.6. The molecule has 0 aromatic carbocycles. The Labute approximate surface area is 363 Å². The van der Waals surface area contributed by atoms with Crippen molar-refractivity contribution in [2.75, 3.05) is 11.5 Å². The third-order valence-corrected chi connectivity index (χ3v) is 14.2. The van der Waals surface area contributed by atoms with E-state index in [0.717, 1.165) is 0 Å². The van der Waals surface area contributed by atoms with Crippen LogP contribution in [0, 0.1) is 0 Å². The topological polar surface area (TPSA) is 0 Å². The Morgan fingerprint density at radius 3 is 0.375 bits per heavy atom. The molecule has 0 spiro atoms. The summed E-state index contributed by atoms with van der Waals surface area (Å²) in [6.45, 7) is 4.63. The Morgan fingerprint density at radius 2 is 0.250 bits per heavy atom. The molecule has 338 valence electrons. The minimum atomic E-state index is 1.37. The van der Waals surface area contributed by atoms with Gasteiger partial charge in [-0.25, -0.2) is 0 Å². The standard InChI is InChI=1S/C55H112S/c1-3-5-7-9-11-13-15-17-19-21-23-25-27-29-31-33-35-37-39-41-43-45-47-49-51-53-55-56-54-52-50-48-46-44-42-40-38-36-34-32-30-28-26-24-22-20-18-16-14-12-10-8-6-4-2/h3-55H2,1-2H3. The SMILES string of the molecule is CCCCCCCCCCCCCCCCCCCCCCCCCCCCSCCCCCCCCCCCCCCCCCCCCCCCCCCC. The van der Waals surface area contributed by atoms with E-state index in [1.165, 1.54) is 339 Å². The summed E-state index contributed by atoms with van der Waals surface area (Å²) in [4.78, 5) is 0. The van der Waals surface area contributed by atoms with Crippen molar-refractivity contribution in [3.63, 3.8) is 0 Å². The molecule has 0 rings (SSSR count). The Hall–Kier alpha value is 0.350. The lowest BCUT2D eigenvalue weighted by Gasteiger charge is -2.05. The summed E-state index contributed by atoms with van der Waals surface area (Å²) in [5.41, 5.74) is 0. The molecular formula is C55H112S. The fourth-order valence-corrected chi connectivity index (χ4v) is 9.99. The average molecular weight is 806 g/mol. The van der Waals surface area contributed by atoms with Crippen molar-refractivity contribution in [1.82, 2.24) is 0 Å². The molecule has 0 aliphatic heterocycles. The van der Waals surface area contributed by atoms with Crippen LogP contribution in [0.2, 0.25) is 0 Å². The first-order chi connectivity index (χ1) is 27.9. The minimum absolute atomic E-state index is 1.37. The molecule has 56 heavy (non-hydrogen) atoms. The predicted octanol–water partition coefficient (Wildman–Crippen LogP) is 21.7. The van der Waals surface area contributed by atoms with Crippen LogP contribution < -0.4 is 0 Å². The van der Waals surface area contributed by atoms with Gasteiger partial charge < -0.3 is 0 Å². The van der Waals surface area contributed by atoms with Crippen molar-refractivity contribution in [1.29, 1.82) is 0 Å². The smallest absolute Gasteiger partial charge is 0.00675 e. The molecule has 0 unspecified atom stereocenters. The van der Waals surface area contributed by atoms with Gasteiger partial charge in [0.05, 0.1) is 0 Å². The van der Waals surface area contributed by atoms with Crippen molar-refractivity contribution < 1.29 is 0 Å². The van der Waals surface area contributed by atoms with Crippen molar-refractivity contribution in [2.24, 2.45) is 0 Å². The maximum Gasteiger partial charge on any atom is -0.00675 e. The van der Waals surface area contributed by atoms with Gasteiger partial charge in [0.1, 0.15) is 0 Å². The highest BCUT2D eigenvalue weighted by Gasteiger charge is 1.99. The van der Waals surface area contributed by atoms with Gasteiger partial charge in [0.2, 0.25) is 0 Å². The molecule has 0 aromatic heterocycles. The molecule has 0 aliphatic carbocycles. The summed E-state index contributed by atoms with van der Waals surface area (Å²) in [5, 5.41) is 0. The monoisotopic (exact) mass is 805 g/mol. The van der Waals surface area contributed by atoms with E-state index in [-0.39, 0.29) is 0 Å². The molecule has 0 saturated carbocycles. The second-order valence-corrected chi connectivity index (χ2v) is 20.2. The van der Waals surface area contributed by atoms with Crippen molar-refractivity contribution >= 4 is 11.8 Å². The summed E-state index contributed by atoms with van der Waals surface area (Å²) in [6, 6.07) is 0. The van der Waals surface area contributed by atoms with Gasteiger partial charge in [0.25, 0.3) is 0 Å². The van der Waals surface area contributed by atoms with Crippen LogP contribution in [0.25, 0.3) is 0 Å². The molecule has 0 radical (unpaired) electrons. The fourth-order valence-electron chi connectivity index (χ4n) is 8.97. The van der Waals surface area contributed by atoms with Crippen LogP contribution in [0.1, 0.15) is 341 Å². The summed E-state index contributed by atoms with van der Waals surface area (Å²) in [5.74, 6) is 2.83. The van der Waals surface area contributed by atoms with Crippen molar-refractivity contribution in [2.45, 2.75) is 341 Å². The van der Waals surface area contributed by atoms with Gasteiger partial charge in [-0.05, 0) is 24.3 Å². The quantitative estimate of drug-likeness (QED) is 0.0552. The van der Waals surface area contributed by atoms with Gasteiger partial charge in [-0.2, -0.15) is 11.8 Å². The van der Waals surface area contributed by atoms with E-state index >= 15 is 0 Å². The van der Waals surface area contributed by atoms with Crippen LogP contribution >= 0.6 is 11.8 Å². The van der Waals surface area contributed by atoms with E-state index in [9.17, 15) is 0 Å². The number of hydrogen-bond acceptors (Lipinski definition) is 1. The third kappa shape index (κ3) is 54.3. The van der Waals surface area contributed by atoms with Gasteiger partial charge in [-0.3, -0.25) is 0 Å². The van der Waals surface area contributed by atoms with Gasteiger partial charge in [0.15, 0.2) is 0 Å². The highest BCUT2D eigenvalue weighted by molar-refractivity contribution is 7.99. The maximum absolute atomic E-state index is 2.31. The van der Waals surface area contributed by atoms with Gasteiger partial charge in [-0.1, -0.05) is 328 Å². The molecule has 0 amide bonds. The molecule has 0 fully saturated rings. The summed E-state index contributed by atoms with van der Waals surface area (Å²) < 4.78 is 0. The predicted molar refractivity (Wildman–Crippen MR) is 264 cm³/mol. The molecule has 0 N–H and O–H groups in total. The minimum Gasteiger partial charge on any atom is -0.162 e. The first kappa shape index (κ1) is 56.4. The van der Waals surface area contributed by atoms with E-state index in [1.54, 1.807) is 0 Å². The van der Waals surface area contributed by atoms with Crippen molar-refractivity contribution in [3.8, 4) is 0 Å². The second-order valence-electron chi connectivity index (χ2n) is 18.9. The summed E-state index contributed by atoms with van der Waals surface area (Å²) >= 11 is 2.24. The zero-order valence-corrected chi connectivity index (χ0v) is 40.7. The number of hydrogen-bond donors (Lipinski definition) is 0. The molecule has 0 aromatic rings. The van der Waals surface area contributed by atoms with Crippen LogP contribution in [0.3, 0.4) is 0 Å². The van der Waals surface area contributed by atoms with Crippen LogP contribution in [-0.2, 0) is 0 Å². The zero-order valence-electron chi connectivity index (χ0n) is 39.9. The molecule has 0 aliphatic rings. The van der Waals surface area contributed by atoms with Gasteiger partial charge in [0, 0.05) is 0 Å². The van der Waals surface area contributed by atoms with E-state index in [4.69, 9.17) is 0 Å². The fraction of sp³-hybridized carbons (Fsp3) is 1.00. The molecule has 0 saturated heterocycles. The molecule has 0 heterocycles. The molecule has 0 bridgehead atoms. The highest BCUT2D eigenvalue weighted by Crippen LogP contribution is 2.19. The normalized spacial score (nSPS) is 11.7. The summed E-state index contributed by atoms with van der Waals surface area (Å²) in [7, 11) is 0. The largest absolute Gasteiger partial charge is 0.162 e. The van der Waals surface area contributed by atoms with E-state index in [0.29, 0.717) is 0 Å². The Kier molecular flexibility index (Phi) is 55.7. The average Bonchev–Trinajstić information content (AvgIpc) is 3.21. The second kappa shape index (κ2) is 55.4. The Morgan fingerprint density at radius 1 is 0.143 bits per heavy atom. The van der Waals surface area contributed by atoms with Crippen molar-refractivity contribution in [3.05, 3.63) is 0 Å². The lowest BCUT2D eigenvalue weighted by molar-refractivity contribution is 0.516. The van der Waals surface area contributed by atoms with E-state index in [2.05, 4.69) is 25.6 Å². The lowest BCUT2D eigenvalue weighted by Crippen LogP contribution is -1.87. The van der Waals surface area contributed by atoms with E-state index in [1.807, 2.05) is 0 Å². The molecule has 0 nitrogen and oxygen atoms in total. The molecule has 0 atom stereocenters. The van der Waals surface area contributed by atoms with Crippen LogP contribution in [-0.4, -0.2) is 11.5 Å². The van der Waals surface area contributed by atoms with Gasteiger partial charge >= 0.3 is 0 Å². The number of unbranched alkanes of at least 4 members (excludes halogenated alkanes) is 49. The lowest BCUT2D eigenvalue weighted by atomic mass is 10.0. The van der Waals surface area contributed by atoms with Crippen LogP contribution in [0.15, 0.2) is 0 Å². The number of rotatable bonds is 53. The Balaban J connectivity index is 3.05. The third-order valence-electron chi connectivity index (χ3n) is 13.0. The van der Waals surface area contributed by atoms with Crippen LogP contribution in [0.5, 0.6) is 0 Å². The first-order valence-electron chi connectivity index (χ1n) is 27.5. The van der Waals surface area contributed by atoms with Crippen LogP contribution in [0.4, 0.5) is 0 Å². The molecule has 1 heteroatoms. The zero-order chi connectivity index (χ0) is 40.2. The molecular weight excluding hydrogens is 693 g/mol.